The maximum Gasteiger partial charge on any atom is 0.354 e. The van der Waals surface area contributed by atoms with E-state index in [0.29, 0.717) is 22.0 Å². The van der Waals surface area contributed by atoms with Crippen LogP contribution in [-0.4, -0.2) is 17.6 Å². The minimum absolute atomic E-state index is 0.234. The Balaban J connectivity index is 2.38. The third-order valence-corrected chi connectivity index (χ3v) is 3.03. The van der Waals surface area contributed by atoms with Crippen LogP contribution in [0, 0.1) is 5.82 Å². The van der Waals surface area contributed by atoms with Crippen molar-refractivity contribution in [3.63, 3.8) is 0 Å². The Morgan fingerprint density at radius 1 is 1.47 bits per heavy atom. The molecule has 0 saturated carbocycles. The minimum Gasteiger partial charge on any atom is -0.464 e. The molecule has 0 aliphatic heterocycles. The van der Waals surface area contributed by atoms with Crippen molar-refractivity contribution in [2.24, 2.45) is 0 Å². The molecular weight excluding hydrogens is 271 g/mol. The fraction of sp³-hybridized carbons (Fsp3) is 0.154. The molecule has 0 bridgehead atoms. The first-order valence-electron chi connectivity index (χ1n) is 5.49. The summed E-state index contributed by atoms with van der Waals surface area (Å²) >= 11 is 5.99. The smallest absolute Gasteiger partial charge is 0.354 e. The molecule has 0 unspecified atom stereocenters. The average molecular weight is 283 g/mol. The van der Waals surface area contributed by atoms with E-state index in [1.807, 2.05) is 0 Å². The highest BCUT2D eigenvalue weighted by Crippen LogP contribution is 2.21. The third-order valence-electron chi connectivity index (χ3n) is 2.66. The molecule has 0 spiro atoms. The Kier molecular flexibility index (Phi) is 3.76. The van der Waals surface area contributed by atoms with Crippen LogP contribution in [0.15, 0.2) is 30.5 Å². The Hall–Kier alpha value is -2.01. The summed E-state index contributed by atoms with van der Waals surface area (Å²) in [6, 6.07) is 5.56. The van der Waals surface area contributed by atoms with Crippen molar-refractivity contribution >= 4 is 23.3 Å². The normalized spacial score (nSPS) is 10.5. The highest BCUT2D eigenvalue weighted by Gasteiger charge is 2.14. The van der Waals surface area contributed by atoms with Crippen molar-refractivity contribution in [3.8, 4) is 0 Å². The van der Waals surface area contributed by atoms with Crippen LogP contribution in [0.25, 0.3) is 0 Å². The van der Waals surface area contributed by atoms with Gasteiger partial charge in [0.05, 0.1) is 12.8 Å². The number of hydrogen-bond acceptors (Lipinski definition) is 3. The molecule has 0 amide bonds. The number of methoxy groups -OCH3 is 1. The fourth-order valence-corrected chi connectivity index (χ4v) is 1.96. The molecule has 6 heteroatoms. The van der Waals surface area contributed by atoms with E-state index in [1.165, 1.54) is 31.4 Å². The van der Waals surface area contributed by atoms with Gasteiger partial charge in [0.2, 0.25) is 0 Å². The first-order valence-corrected chi connectivity index (χ1v) is 5.87. The summed E-state index contributed by atoms with van der Waals surface area (Å²) < 4.78 is 19.4. The summed E-state index contributed by atoms with van der Waals surface area (Å²) in [5.41, 5.74) is 6.93. The van der Waals surface area contributed by atoms with Gasteiger partial charge >= 0.3 is 5.97 Å². The summed E-state index contributed by atoms with van der Waals surface area (Å²) in [4.78, 5) is 11.6. The topological polar surface area (TPSA) is 57.2 Å². The lowest BCUT2D eigenvalue weighted by Gasteiger charge is -2.09. The Labute approximate surface area is 114 Å². The SMILES string of the molecule is COC(=O)c1cc(N)cn1Cc1cc(F)ccc1Cl. The van der Waals surface area contributed by atoms with E-state index in [-0.39, 0.29) is 12.4 Å². The number of carbonyl (C=O) groups is 1. The van der Waals surface area contributed by atoms with Gasteiger partial charge in [0.15, 0.2) is 0 Å². The summed E-state index contributed by atoms with van der Waals surface area (Å²) in [5, 5.41) is 0.421. The average Bonchev–Trinajstić information content (AvgIpc) is 2.74. The standard InChI is InChI=1S/C13H12ClFN2O2/c1-19-13(18)12-5-10(16)7-17(12)6-8-4-9(15)2-3-11(8)14/h2-5,7H,6,16H2,1H3. The molecule has 4 nitrogen and oxygen atoms in total. The molecule has 0 aliphatic rings. The van der Waals surface area contributed by atoms with Crippen LogP contribution < -0.4 is 5.73 Å². The molecule has 0 atom stereocenters. The van der Waals surface area contributed by atoms with E-state index in [4.69, 9.17) is 17.3 Å². The van der Waals surface area contributed by atoms with Crippen LogP contribution in [-0.2, 0) is 11.3 Å². The van der Waals surface area contributed by atoms with Gasteiger partial charge < -0.3 is 15.0 Å². The van der Waals surface area contributed by atoms with E-state index >= 15 is 0 Å². The molecule has 100 valence electrons. The Morgan fingerprint density at radius 2 is 2.21 bits per heavy atom. The van der Waals surface area contributed by atoms with Crippen LogP contribution in [0.4, 0.5) is 10.1 Å². The zero-order chi connectivity index (χ0) is 14.0. The second-order valence-corrected chi connectivity index (χ2v) is 4.42. The molecule has 19 heavy (non-hydrogen) atoms. The monoisotopic (exact) mass is 282 g/mol. The molecule has 0 fully saturated rings. The predicted octanol–water partition coefficient (Wildman–Crippen LogP) is 2.70. The van der Waals surface area contributed by atoms with Gasteiger partial charge in [0.25, 0.3) is 0 Å². The lowest BCUT2D eigenvalue weighted by Crippen LogP contribution is -2.11. The van der Waals surface area contributed by atoms with Crippen LogP contribution in [0.1, 0.15) is 16.1 Å². The number of nitrogens with two attached hydrogens (primary N) is 1. The maximum absolute atomic E-state index is 13.2. The number of nitrogen functional groups attached to an aromatic ring is 1. The quantitative estimate of drug-likeness (QED) is 0.881. The van der Waals surface area contributed by atoms with Gasteiger partial charge in [-0.15, -0.1) is 0 Å². The second-order valence-electron chi connectivity index (χ2n) is 4.01. The van der Waals surface area contributed by atoms with Gasteiger partial charge in [0.1, 0.15) is 11.5 Å². The van der Waals surface area contributed by atoms with E-state index in [9.17, 15) is 9.18 Å². The molecular formula is C13H12ClFN2O2. The number of anilines is 1. The van der Waals surface area contributed by atoms with Crippen molar-refractivity contribution in [1.29, 1.82) is 0 Å². The predicted molar refractivity (Wildman–Crippen MR) is 70.7 cm³/mol. The number of carbonyl (C=O) groups excluding carboxylic acids is 1. The lowest BCUT2D eigenvalue weighted by molar-refractivity contribution is 0.0589. The number of benzene rings is 1. The number of nitrogens with zero attached hydrogens (tertiary/aromatic N) is 1. The molecule has 2 N–H and O–H groups in total. The zero-order valence-electron chi connectivity index (χ0n) is 10.2. The highest BCUT2D eigenvalue weighted by atomic mass is 35.5. The van der Waals surface area contributed by atoms with Gasteiger partial charge in [0, 0.05) is 17.8 Å². The molecule has 2 aromatic rings. The summed E-state index contributed by atoms with van der Waals surface area (Å²) in [6.45, 7) is 0.234. The maximum atomic E-state index is 13.2. The number of hydrogen-bond donors (Lipinski definition) is 1. The van der Waals surface area contributed by atoms with E-state index in [0.717, 1.165) is 0 Å². The van der Waals surface area contributed by atoms with Gasteiger partial charge in [-0.05, 0) is 29.8 Å². The van der Waals surface area contributed by atoms with Gasteiger partial charge in [-0.25, -0.2) is 9.18 Å². The van der Waals surface area contributed by atoms with Gasteiger partial charge in [-0.3, -0.25) is 0 Å². The molecule has 0 aliphatic carbocycles. The summed E-state index contributed by atoms with van der Waals surface area (Å²) in [7, 11) is 1.28. The molecule has 0 saturated heterocycles. The summed E-state index contributed by atoms with van der Waals surface area (Å²) in [5.74, 6) is -0.900. The van der Waals surface area contributed by atoms with Crippen LogP contribution in [0.3, 0.4) is 0 Å². The summed E-state index contributed by atoms with van der Waals surface area (Å²) in [6.07, 6.45) is 1.58. The first kappa shape index (κ1) is 13.4. The van der Waals surface area contributed by atoms with Crippen molar-refractivity contribution < 1.29 is 13.9 Å². The lowest BCUT2D eigenvalue weighted by atomic mass is 10.2. The van der Waals surface area contributed by atoms with Crippen molar-refractivity contribution in [1.82, 2.24) is 4.57 Å². The van der Waals surface area contributed by atoms with Crippen LogP contribution in [0.5, 0.6) is 0 Å². The first-order chi connectivity index (χ1) is 9.01. The van der Waals surface area contributed by atoms with E-state index in [1.54, 1.807) is 10.8 Å². The Morgan fingerprint density at radius 3 is 2.89 bits per heavy atom. The number of ether oxygens (including phenoxy) is 1. The van der Waals surface area contributed by atoms with Crippen LogP contribution in [0.2, 0.25) is 5.02 Å². The molecule has 1 heterocycles. The molecule has 2 rings (SSSR count). The van der Waals surface area contributed by atoms with Gasteiger partial charge in [-0.2, -0.15) is 0 Å². The molecule has 0 radical (unpaired) electrons. The fourth-order valence-electron chi connectivity index (χ4n) is 1.79. The van der Waals surface area contributed by atoms with Crippen LogP contribution >= 0.6 is 11.6 Å². The molecule has 1 aromatic heterocycles. The number of halogens is 2. The van der Waals surface area contributed by atoms with Crippen molar-refractivity contribution in [2.75, 3.05) is 12.8 Å². The number of rotatable bonds is 3. The minimum atomic E-state index is -0.510. The van der Waals surface area contributed by atoms with E-state index in [2.05, 4.69) is 4.74 Å². The largest absolute Gasteiger partial charge is 0.464 e. The van der Waals surface area contributed by atoms with Gasteiger partial charge in [-0.1, -0.05) is 11.6 Å². The van der Waals surface area contributed by atoms with Crippen molar-refractivity contribution in [3.05, 3.63) is 52.6 Å². The van der Waals surface area contributed by atoms with E-state index < -0.39 is 5.97 Å². The van der Waals surface area contributed by atoms with Crippen molar-refractivity contribution in [2.45, 2.75) is 6.54 Å². The third kappa shape index (κ3) is 2.88. The second kappa shape index (κ2) is 5.32. The number of esters is 1. The highest BCUT2D eigenvalue weighted by molar-refractivity contribution is 6.31. The Bertz CT molecular complexity index is 625. The molecule has 1 aromatic carbocycles. The zero-order valence-corrected chi connectivity index (χ0v) is 10.9. The number of aromatic nitrogens is 1.